The van der Waals surface area contributed by atoms with Crippen molar-refractivity contribution in [3.63, 3.8) is 0 Å². The molecule has 2 aromatic rings. The van der Waals surface area contributed by atoms with Crippen LogP contribution in [0, 0.1) is 0 Å². The van der Waals surface area contributed by atoms with Crippen LogP contribution in [0.25, 0.3) is 0 Å². The molecule has 5 nitrogen and oxygen atoms in total. The smallest absolute Gasteiger partial charge is 0.224 e. The molecule has 0 amide bonds. The molecule has 1 aromatic heterocycles. The summed E-state index contributed by atoms with van der Waals surface area (Å²) < 4.78 is 5.80. The molecule has 3 N–H and O–H groups in total. The van der Waals surface area contributed by atoms with Crippen molar-refractivity contribution in [3.8, 4) is 11.6 Å². The van der Waals surface area contributed by atoms with Gasteiger partial charge in [0.2, 0.25) is 5.88 Å². The number of aromatic nitrogens is 2. The molecule has 0 atom stereocenters. The van der Waals surface area contributed by atoms with E-state index < -0.39 is 0 Å². The van der Waals surface area contributed by atoms with Crippen LogP contribution in [-0.2, 0) is 6.42 Å². The summed E-state index contributed by atoms with van der Waals surface area (Å²) in [5, 5.41) is 0. The lowest BCUT2D eigenvalue weighted by atomic mass is 10.1. The Morgan fingerprint density at radius 2 is 1.90 bits per heavy atom. The molecule has 0 bridgehead atoms. The molecule has 0 aliphatic rings. The zero-order chi connectivity index (χ0) is 15.2. The molecule has 0 spiro atoms. The number of nitrogens with two attached hydrogens (primary N) is 1. The van der Waals surface area contributed by atoms with Crippen molar-refractivity contribution in [2.75, 3.05) is 5.43 Å². The quantitative estimate of drug-likeness (QED) is 0.626. The first-order chi connectivity index (χ1) is 10.1. The number of rotatable bonds is 6. The van der Waals surface area contributed by atoms with Gasteiger partial charge in [-0.2, -0.15) is 4.98 Å². The van der Waals surface area contributed by atoms with Gasteiger partial charge < -0.3 is 10.2 Å². The van der Waals surface area contributed by atoms with Crippen LogP contribution in [0.4, 0.5) is 5.82 Å². The lowest BCUT2D eigenvalue weighted by molar-refractivity contribution is 0.457. The summed E-state index contributed by atoms with van der Waals surface area (Å²) in [5.41, 5.74) is 3.85. The van der Waals surface area contributed by atoms with E-state index in [0.29, 0.717) is 17.5 Å². The topological polar surface area (TPSA) is 73.1 Å². The molecular weight excluding hydrogens is 264 g/mol. The Morgan fingerprint density at radius 3 is 2.48 bits per heavy atom. The number of nitrogen functional groups attached to an aromatic ring is 1. The lowest BCUT2D eigenvalue weighted by Gasteiger charge is -2.11. The van der Waals surface area contributed by atoms with Crippen molar-refractivity contribution >= 4 is 5.82 Å². The first-order valence-corrected chi connectivity index (χ1v) is 7.24. The fourth-order valence-electron chi connectivity index (χ4n) is 1.96. The van der Waals surface area contributed by atoms with E-state index in [-0.39, 0.29) is 5.92 Å². The maximum absolute atomic E-state index is 5.80. The Bertz CT molecular complexity index is 581. The molecule has 2 rings (SSSR count). The van der Waals surface area contributed by atoms with Gasteiger partial charge in [-0.25, -0.2) is 10.8 Å². The van der Waals surface area contributed by atoms with Gasteiger partial charge in [0.25, 0.3) is 0 Å². The molecule has 0 fully saturated rings. The van der Waals surface area contributed by atoms with E-state index in [4.69, 9.17) is 10.6 Å². The van der Waals surface area contributed by atoms with Crippen LogP contribution in [0.15, 0.2) is 30.3 Å². The number of hydrazine groups is 1. The van der Waals surface area contributed by atoms with E-state index >= 15 is 0 Å². The molecule has 0 aliphatic carbocycles. The van der Waals surface area contributed by atoms with Gasteiger partial charge in [0, 0.05) is 12.0 Å². The summed E-state index contributed by atoms with van der Waals surface area (Å²) >= 11 is 0. The summed E-state index contributed by atoms with van der Waals surface area (Å²) in [7, 11) is 0. The third kappa shape index (κ3) is 4.16. The van der Waals surface area contributed by atoms with E-state index in [2.05, 4.69) is 34.5 Å². The van der Waals surface area contributed by atoms with Gasteiger partial charge in [0.05, 0.1) is 0 Å². The standard InChI is InChI=1S/C16H22N4O/c1-4-5-12-6-8-13(9-7-12)21-15-10-14(20-17)18-16(19-15)11(2)3/h6-11H,4-5,17H2,1-3H3,(H,18,19,20). The Kier molecular flexibility index (Phi) is 5.11. The molecule has 0 unspecified atom stereocenters. The zero-order valence-corrected chi connectivity index (χ0v) is 12.8. The highest BCUT2D eigenvalue weighted by atomic mass is 16.5. The molecule has 21 heavy (non-hydrogen) atoms. The van der Waals surface area contributed by atoms with Crippen LogP contribution in [0.5, 0.6) is 11.6 Å². The van der Waals surface area contributed by atoms with Gasteiger partial charge in [-0.3, -0.25) is 0 Å². The van der Waals surface area contributed by atoms with Crippen molar-refractivity contribution in [2.45, 2.75) is 39.5 Å². The highest BCUT2D eigenvalue weighted by Crippen LogP contribution is 2.24. The van der Waals surface area contributed by atoms with Crippen LogP contribution in [0.1, 0.15) is 44.5 Å². The normalized spacial score (nSPS) is 10.7. The Morgan fingerprint density at radius 1 is 1.19 bits per heavy atom. The summed E-state index contributed by atoms with van der Waals surface area (Å²) in [5.74, 6) is 8.13. The molecule has 5 heteroatoms. The Hall–Kier alpha value is -2.14. The third-order valence-corrected chi connectivity index (χ3v) is 3.07. The van der Waals surface area contributed by atoms with Gasteiger partial charge >= 0.3 is 0 Å². The molecule has 1 heterocycles. The van der Waals surface area contributed by atoms with Crippen LogP contribution in [0.2, 0.25) is 0 Å². The van der Waals surface area contributed by atoms with Crippen LogP contribution >= 0.6 is 0 Å². The van der Waals surface area contributed by atoms with Crippen LogP contribution in [-0.4, -0.2) is 9.97 Å². The van der Waals surface area contributed by atoms with E-state index in [1.165, 1.54) is 5.56 Å². The highest BCUT2D eigenvalue weighted by molar-refractivity contribution is 5.39. The maximum Gasteiger partial charge on any atom is 0.224 e. The predicted molar refractivity (Wildman–Crippen MR) is 84.4 cm³/mol. The highest BCUT2D eigenvalue weighted by Gasteiger charge is 2.09. The van der Waals surface area contributed by atoms with Crippen molar-refractivity contribution in [2.24, 2.45) is 5.84 Å². The molecular formula is C16H22N4O. The average molecular weight is 286 g/mol. The molecule has 0 aliphatic heterocycles. The van der Waals surface area contributed by atoms with Crippen LogP contribution in [0.3, 0.4) is 0 Å². The van der Waals surface area contributed by atoms with Gasteiger partial charge in [-0.05, 0) is 24.1 Å². The molecule has 0 saturated carbocycles. The summed E-state index contributed by atoms with van der Waals surface area (Å²) in [4.78, 5) is 8.71. The number of nitrogens with zero attached hydrogens (tertiary/aromatic N) is 2. The number of anilines is 1. The second kappa shape index (κ2) is 7.04. The minimum atomic E-state index is 0.201. The number of benzene rings is 1. The number of nitrogens with one attached hydrogen (secondary N) is 1. The largest absolute Gasteiger partial charge is 0.439 e. The number of ether oxygens (including phenoxy) is 1. The summed E-state index contributed by atoms with van der Waals surface area (Å²) in [6, 6.07) is 9.75. The van der Waals surface area contributed by atoms with Crippen molar-refractivity contribution in [1.29, 1.82) is 0 Å². The molecule has 112 valence electrons. The maximum atomic E-state index is 5.80. The second-order valence-corrected chi connectivity index (χ2v) is 5.24. The average Bonchev–Trinajstić information content (AvgIpc) is 2.49. The van der Waals surface area contributed by atoms with E-state index in [1.807, 2.05) is 26.0 Å². The van der Waals surface area contributed by atoms with Crippen LogP contribution < -0.4 is 16.0 Å². The minimum Gasteiger partial charge on any atom is -0.439 e. The second-order valence-electron chi connectivity index (χ2n) is 5.24. The van der Waals surface area contributed by atoms with Crippen molar-refractivity contribution in [3.05, 3.63) is 41.7 Å². The number of hydrogen-bond donors (Lipinski definition) is 2. The van der Waals surface area contributed by atoms with E-state index in [9.17, 15) is 0 Å². The van der Waals surface area contributed by atoms with Gasteiger partial charge in [-0.1, -0.05) is 39.3 Å². The monoisotopic (exact) mass is 286 g/mol. The van der Waals surface area contributed by atoms with Gasteiger partial charge in [0.1, 0.15) is 17.4 Å². The van der Waals surface area contributed by atoms with Crippen molar-refractivity contribution < 1.29 is 4.74 Å². The third-order valence-electron chi connectivity index (χ3n) is 3.07. The first-order valence-electron chi connectivity index (χ1n) is 7.24. The summed E-state index contributed by atoms with van der Waals surface area (Å²) in [6.45, 7) is 6.22. The van der Waals surface area contributed by atoms with E-state index in [0.717, 1.165) is 18.6 Å². The lowest BCUT2D eigenvalue weighted by Crippen LogP contribution is -2.11. The SMILES string of the molecule is CCCc1ccc(Oc2cc(NN)nc(C(C)C)n2)cc1. The van der Waals surface area contributed by atoms with E-state index in [1.54, 1.807) is 6.07 Å². The first kappa shape index (κ1) is 15.3. The molecule has 0 radical (unpaired) electrons. The Balaban J connectivity index is 2.19. The number of aryl methyl sites for hydroxylation is 1. The minimum absolute atomic E-state index is 0.201. The van der Waals surface area contributed by atoms with Gasteiger partial charge in [0.15, 0.2) is 0 Å². The zero-order valence-electron chi connectivity index (χ0n) is 12.8. The molecule has 1 aromatic carbocycles. The van der Waals surface area contributed by atoms with Gasteiger partial charge in [-0.15, -0.1) is 0 Å². The predicted octanol–water partition coefficient (Wildman–Crippen LogP) is 3.63. The number of hydrogen-bond acceptors (Lipinski definition) is 5. The summed E-state index contributed by atoms with van der Waals surface area (Å²) in [6.07, 6.45) is 2.21. The fraction of sp³-hybridized carbons (Fsp3) is 0.375. The van der Waals surface area contributed by atoms with Crippen molar-refractivity contribution in [1.82, 2.24) is 9.97 Å². The fourth-order valence-corrected chi connectivity index (χ4v) is 1.96. The molecule has 0 saturated heterocycles. The Labute approximate surface area is 125 Å².